The molecule has 114 valence electrons. The standard InChI is InChI=1S/C17H19N3O2/c1-12(16(21)20-14-8-4-3-5-9-14)19-15-10-6-7-13(11-15)17(22)18-2/h3-12,19H,1-2H3,(H,18,22)(H,20,21)/t12-/m1/s1. The fourth-order valence-electron chi connectivity index (χ4n) is 1.98. The smallest absolute Gasteiger partial charge is 0.251 e. The molecule has 0 fully saturated rings. The van der Waals surface area contributed by atoms with Gasteiger partial charge in [0.05, 0.1) is 0 Å². The van der Waals surface area contributed by atoms with Gasteiger partial charge in [0.2, 0.25) is 5.91 Å². The van der Waals surface area contributed by atoms with Gasteiger partial charge >= 0.3 is 0 Å². The summed E-state index contributed by atoms with van der Waals surface area (Å²) in [5.74, 6) is -0.304. The van der Waals surface area contributed by atoms with Gasteiger partial charge in [0.15, 0.2) is 0 Å². The number of nitrogens with one attached hydrogen (secondary N) is 3. The van der Waals surface area contributed by atoms with Gasteiger partial charge in [0.25, 0.3) is 5.91 Å². The van der Waals surface area contributed by atoms with Gasteiger partial charge in [0, 0.05) is 24.0 Å². The molecule has 0 aliphatic heterocycles. The van der Waals surface area contributed by atoms with Gasteiger partial charge in [-0.2, -0.15) is 0 Å². The van der Waals surface area contributed by atoms with E-state index < -0.39 is 6.04 Å². The summed E-state index contributed by atoms with van der Waals surface area (Å²) in [5, 5.41) is 8.49. The van der Waals surface area contributed by atoms with Crippen molar-refractivity contribution >= 4 is 23.2 Å². The number of amides is 2. The normalized spacial score (nSPS) is 11.4. The van der Waals surface area contributed by atoms with Gasteiger partial charge < -0.3 is 16.0 Å². The SMILES string of the molecule is CNC(=O)c1cccc(N[C@H](C)C(=O)Nc2ccccc2)c1. The lowest BCUT2D eigenvalue weighted by Gasteiger charge is -2.15. The first-order chi connectivity index (χ1) is 10.6. The second-order valence-corrected chi connectivity index (χ2v) is 4.88. The number of para-hydroxylation sites is 1. The number of hydrogen-bond donors (Lipinski definition) is 3. The lowest BCUT2D eigenvalue weighted by atomic mass is 10.1. The summed E-state index contributed by atoms with van der Waals surface area (Å²) in [6, 6.07) is 15.9. The third kappa shape index (κ3) is 4.09. The molecule has 0 unspecified atom stereocenters. The van der Waals surface area contributed by atoms with Crippen LogP contribution >= 0.6 is 0 Å². The molecule has 5 nitrogen and oxygen atoms in total. The Bertz CT molecular complexity index is 656. The van der Waals surface area contributed by atoms with Gasteiger partial charge in [-0.1, -0.05) is 24.3 Å². The number of carbonyl (C=O) groups is 2. The molecule has 22 heavy (non-hydrogen) atoms. The van der Waals surface area contributed by atoms with Crippen molar-refractivity contribution in [2.75, 3.05) is 17.7 Å². The van der Waals surface area contributed by atoms with Crippen LogP contribution in [0.1, 0.15) is 17.3 Å². The van der Waals surface area contributed by atoms with Crippen molar-refractivity contribution < 1.29 is 9.59 Å². The zero-order valence-corrected chi connectivity index (χ0v) is 12.6. The molecule has 0 radical (unpaired) electrons. The largest absolute Gasteiger partial charge is 0.374 e. The van der Waals surface area contributed by atoms with Crippen molar-refractivity contribution in [3.63, 3.8) is 0 Å². The van der Waals surface area contributed by atoms with E-state index in [-0.39, 0.29) is 11.8 Å². The fraction of sp³-hybridized carbons (Fsp3) is 0.176. The number of anilines is 2. The van der Waals surface area contributed by atoms with Crippen molar-refractivity contribution in [3.8, 4) is 0 Å². The van der Waals surface area contributed by atoms with E-state index in [1.165, 1.54) is 0 Å². The number of rotatable bonds is 5. The van der Waals surface area contributed by atoms with Crippen LogP contribution in [-0.2, 0) is 4.79 Å². The summed E-state index contributed by atoms with van der Waals surface area (Å²) >= 11 is 0. The summed E-state index contributed by atoms with van der Waals surface area (Å²) in [7, 11) is 1.58. The fourth-order valence-corrected chi connectivity index (χ4v) is 1.98. The molecular formula is C17H19N3O2. The molecule has 0 saturated heterocycles. The Kier molecular flexibility index (Phi) is 5.14. The molecule has 0 bridgehead atoms. The summed E-state index contributed by atoms with van der Waals surface area (Å²) < 4.78 is 0. The van der Waals surface area contributed by atoms with Crippen LogP contribution in [0.15, 0.2) is 54.6 Å². The topological polar surface area (TPSA) is 70.2 Å². The minimum absolute atomic E-state index is 0.142. The highest BCUT2D eigenvalue weighted by atomic mass is 16.2. The van der Waals surface area contributed by atoms with E-state index in [1.807, 2.05) is 36.4 Å². The summed E-state index contributed by atoms with van der Waals surface area (Å²) in [6.45, 7) is 1.77. The van der Waals surface area contributed by atoms with E-state index in [4.69, 9.17) is 0 Å². The molecule has 2 amide bonds. The van der Waals surface area contributed by atoms with Gasteiger partial charge in [-0.3, -0.25) is 9.59 Å². The predicted molar refractivity (Wildman–Crippen MR) is 88.0 cm³/mol. The van der Waals surface area contributed by atoms with Crippen molar-refractivity contribution in [1.29, 1.82) is 0 Å². The molecule has 0 aliphatic carbocycles. The Morgan fingerprint density at radius 1 is 0.955 bits per heavy atom. The summed E-state index contributed by atoms with van der Waals surface area (Å²) in [5.41, 5.74) is 2.01. The lowest BCUT2D eigenvalue weighted by Crippen LogP contribution is -2.32. The highest BCUT2D eigenvalue weighted by Crippen LogP contribution is 2.13. The third-order valence-electron chi connectivity index (χ3n) is 3.17. The van der Waals surface area contributed by atoms with Crippen molar-refractivity contribution in [2.45, 2.75) is 13.0 Å². The van der Waals surface area contributed by atoms with Gasteiger partial charge in [0.1, 0.15) is 6.04 Å². The first kappa shape index (κ1) is 15.6. The van der Waals surface area contributed by atoms with E-state index in [1.54, 1.807) is 32.2 Å². The summed E-state index contributed by atoms with van der Waals surface area (Å²) in [6.07, 6.45) is 0. The zero-order valence-electron chi connectivity index (χ0n) is 12.6. The average molecular weight is 297 g/mol. The van der Waals surface area contributed by atoms with E-state index >= 15 is 0 Å². The van der Waals surface area contributed by atoms with E-state index in [0.29, 0.717) is 5.56 Å². The van der Waals surface area contributed by atoms with E-state index in [2.05, 4.69) is 16.0 Å². The second-order valence-electron chi connectivity index (χ2n) is 4.88. The minimum Gasteiger partial charge on any atom is -0.374 e. The van der Waals surface area contributed by atoms with Crippen LogP contribution in [0, 0.1) is 0 Å². The van der Waals surface area contributed by atoms with Crippen LogP contribution in [0.3, 0.4) is 0 Å². The average Bonchev–Trinajstić information content (AvgIpc) is 2.55. The van der Waals surface area contributed by atoms with Gasteiger partial charge in [-0.05, 0) is 37.3 Å². The van der Waals surface area contributed by atoms with Crippen molar-refractivity contribution in [1.82, 2.24) is 5.32 Å². The molecule has 2 rings (SSSR count). The maximum Gasteiger partial charge on any atom is 0.251 e. The third-order valence-corrected chi connectivity index (χ3v) is 3.17. The Morgan fingerprint density at radius 2 is 1.64 bits per heavy atom. The minimum atomic E-state index is -0.430. The molecular weight excluding hydrogens is 278 g/mol. The molecule has 1 atom stereocenters. The van der Waals surface area contributed by atoms with E-state index in [0.717, 1.165) is 11.4 Å². The van der Waals surface area contributed by atoms with Crippen LogP contribution in [0.2, 0.25) is 0 Å². The Hall–Kier alpha value is -2.82. The number of hydrogen-bond acceptors (Lipinski definition) is 3. The molecule has 0 saturated carbocycles. The number of benzene rings is 2. The van der Waals surface area contributed by atoms with Crippen LogP contribution in [0.25, 0.3) is 0 Å². The second kappa shape index (κ2) is 7.26. The highest BCUT2D eigenvalue weighted by molar-refractivity contribution is 5.97. The highest BCUT2D eigenvalue weighted by Gasteiger charge is 2.13. The van der Waals surface area contributed by atoms with Crippen LogP contribution in [0.4, 0.5) is 11.4 Å². The molecule has 3 N–H and O–H groups in total. The monoisotopic (exact) mass is 297 g/mol. The Labute approximate surface area is 129 Å². The molecule has 0 heterocycles. The first-order valence-electron chi connectivity index (χ1n) is 7.04. The predicted octanol–water partition coefficient (Wildman–Crippen LogP) is 2.49. The Balaban J connectivity index is 2.00. The first-order valence-corrected chi connectivity index (χ1v) is 7.04. The molecule has 0 aliphatic rings. The maximum absolute atomic E-state index is 12.1. The molecule has 0 spiro atoms. The maximum atomic E-state index is 12.1. The van der Waals surface area contributed by atoms with Crippen molar-refractivity contribution in [2.24, 2.45) is 0 Å². The van der Waals surface area contributed by atoms with Gasteiger partial charge in [-0.15, -0.1) is 0 Å². The van der Waals surface area contributed by atoms with Crippen molar-refractivity contribution in [3.05, 3.63) is 60.2 Å². The van der Waals surface area contributed by atoms with Crippen LogP contribution in [-0.4, -0.2) is 24.9 Å². The van der Waals surface area contributed by atoms with E-state index in [9.17, 15) is 9.59 Å². The number of carbonyl (C=O) groups excluding carboxylic acids is 2. The lowest BCUT2D eigenvalue weighted by molar-refractivity contribution is -0.116. The molecule has 2 aromatic rings. The Morgan fingerprint density at radius 3 is 2.32 bits per heavy atom. The quantitative estimate of drug-likeness (QED) is 0.794. The molecule has 0 aromatic heterocycles. The molecule has 2 aromatic carbocycles. The molecule has 5 heteroatoms. The zero-order chi connectivity index (χ0) is 15.9. The van der Waals surface area contributed by atoms with Gasteiger partial charge in [-0.25, -0.2) is 0 Å². The van der Waals surface area contributed by atoms with Crippen LogP contribution in [0.5, 0.6) is 0 Å². The van der Waals surface area contributed by atoms with Crippen LogP contribution < -0.4 is 16.0 Å². The summed E-state index contributed by atoms with van der Waals surface area (Å²) in [4.78, 5) is 23.7.